The van der Waals surface area contributed by atoms with E-state index in [4.69, 9.17) is 16.3 Å². The molecule has 0 bridgehead atoms. The van der Waals surface area contributed by atoms with Crippen LogP contribution in [0.5, 0.6) is 0 Å². The molecule has 0 N–H and O–H groups in total. The van der Waals surface area contributed by atoms with Crippen LogP contribution in [-0.4, -0.2) is 57.5 Å². The summed E-state index contributed by atoms with van der Waals surface area (Å²) in [6.07, 6.45) is 5.55. The van der Waals surface area contributed by atoms with Crippen LogP contribution < -0.4 is 4.90 Å². The highest BCUT2D eigenvalue weighted by molar-refractivity contribution is 6.29. The number of amides is 1. The molecule has 1 atom stereocenters. The molecule has 0 radical (unpaired) electrons. The molecular formula is C20H26ClF2N5O2. The summed E-state index contributed by atoms with van der Waals surface area (Å²) in [5.74, 6) is 0. The third-order valence-electron chi connectivity index (χ3n) is 4.93. The van der Waals surface area contributed by atoms with Gasteiger partial charge in [0, 0.05) is 49.3 Å². The fourth-order valence-corrected chi connectivity index (χ4v) is 3.61. The molecule has 7 nitrogen and oxygen atoms in total. The van der Waals surface area contributed by atoms with E-state index in [1.54, 1.807) is 24.2 Å². The quantitative estimate of drug-likeness (QED) is 0.636. The van der Waals surface area contributed by atoms with Crippen molar-refractivity contribution in [2.75, 3.05) is 25.0 Å². The van der Waals surface area contributed by atoms with E-state index < -0.39 is 12.2 Å². The Balaban J connectivity index is 1.84. The molecule has 0 aromatic carbocycles. The summed E-state index contributed by atoms with van der Waals surface area (Å²) in [6, 6.07) is 1.66. The molecule has 0 saturated carbocycles. The molecule has 3 rings (SSSR count). The van der Waals surface area contributed by atoms with Gasteiger partial charge >= 0.3 is 12.6 Å². The van der Waals surface area contributed by atoms with Gasteiger partial charge in [-0.25, -0.2) is 14.5 Å². The van der Waals surface area contributed by atoms with E-state index in [9.17, 15) is 13.6 Å². The molecule has 10 heteroatoms. The van der Waals surface area contributed by atoms with Crippen molar-refractivity contribution >= 4 is 23.4 Å². The van der Waals surface area contributed by atoms with Gasteiger partial charge < -0.3 is 14.5 Å². The van der Waals surface area contributed by atoms with Crippen molar-refractivity contribution in [3.05, 3.63) is 29.8 Å². The number of carbonyl (C=O) groups excluding carboxylic acids is 1. The number of likely N-dealkylation sites (N-methyl/N-ethyl adjacent to an activating group) is 1. The normalized spacial score (nSPS) is 17.3. The van der Waals surface area contributed by atoms with E-state index in [0.29, 0.717) is 27.5 Å². The van der Waals surface area contributed by atoms with Crippen molar-refractivity contribution in [2.45, 2.75) is 51.8 Å². The topological polar surface area (TPSA) is 63.5 Å². The predicted molar refractivity (Wildman–Crippen MR) is 111 cm³/mol. The molecule has 0 aliphatic carbocycles. The Kier molecular flexibility index (Phi) is 6.50. The van der Waals surface area contributed by atoms with E-state index >= 15 is 0 Å². The summed E-state index contributed by atoms with van der Waals surface area (Å²) in [5, 5.41) is 4.02. The van der Waals surface area contributed by atoms with Crippen LogP contribution in [0, 0.1) is 0 Å². The minimum atomic E-state index is -2.72. The molecule has 1 fully saturated rings. The van der Waals surface area contributed by atoms with Gasteiger partial charge in [-0.15, -0.1) is 0 Å². The number of anilines is 1. The second kappa shape index (κ2) is 8.75. The summed E-state index contributed by atoms with van der Waals surface area (Å²) in [4.78, 5) is 20.3. The number of hydrogen-bond donors (Lipinski definition) is 0. The van der Waals surface area contributed by atoms with E-state index in [0.717, 1.165) is 25.1 Å². The second-order valence-electron chi connectivity index (χ2n) is 8.34. The molecule has 1 aliphatic heterocycles. The summed E-state index contributed by atoms with van der Waals surface area (Å²) in [7, 11) is 1.73. The molecular weight excluding hydrogens is 416 g/mol. The monoisotopic (exact) mass is 441 g/mol. The first-order chi connectivity index (χ1) is 14.0. The lowest BCUT2D eigenvalue weighted by molar-refractivity contribution is 0.0209. The van der Waals surface area contributed by atoms with Gasteiger partial charge in [0.05, 0.1) is 12.2 Å². The molecule has 30 heavy (non-hydrogen) atoms. The lowest BCUT2D eigenvalue weighted by Gasteiger charge is -2.39. The van der Waals surface area contributed by atoms with Gasteiger partial charge in [-0.1, -0.05) is 11.6 Å². The first kappa shape index (κ1) is 22.3. The van der Waals surface area contributed by atoms with Gasteiger partial charge in [0.25, 0.3) is 0 Å². The van der Waals surface area contributed by atoms with Gasteiger partial charge in [-0.2, -0.15) is 13.9 Å². The van der Waals surface area contributed by atoms with Gasteiger partial charge in [0.2, 0.25) is 0 Å². The van der Waals surface area contributed by atoms with Crippen LogP contribution in [0.1, 0.15) is 40.2 Å². The third kappa shape index (κ3) is 5.19. The lowest BCUT2D eigenvalue weighted by atomic mass is 10.0. The lowest BCUT2D eigenvalue weighted by Crippen LogP contribution is -2.50. The van der Waals surface area contributed by atoms with Gasteiger partial charge in [0.1, 0.15) is 10.8 Å². The maximum absolute atomic E-state index is 13.0. The highest BCUT2D eigenvalue weighted by Gasteiger charge is 2.30. The van der Waals surface area contributed by atoms with E-state index in [2.05, 4.69) is 15.0 Å². The number of alkyl halides is 2. The first-order valence-corrected chi connectivity index (χ1v) is 10.1. The Morgan fingerprint density at radius 1 is 1.37 bits per heavy atom. The van der Waals surface area contributed by atoms with Crippen LogP contribution in [0.3, 0.4) is 0 Å². The zero-order valence-corrected chi connectivity index (χ0v) is 18.2. The number of halogens is 3. The summed E-state index contributed by atoms with van der Waals surface area (Å²) in [5.41, 5.74) is 1.38. The maximum Gasteiger partial charge on any atom is 0.410 e. The molecule has 164 valence electrons. The van der Waals surface area contributed by atoms with Crippen molar-refractivity contribution in [3.63, 3.8) is 0 Å². The second-order valence-corrected chi connectivity index (χ2v) is 8.73. The van der Waals surface area contributed by atoms with Crippen molar-refractivity contribution in [2.24, 2.45) is 0 Å². The first-order valence-electron chi connectivity index (χ1n) is 9.74. The molecule has 2 aromatic heterocycles. The highest BCUT2D eigenvalue weighted by atomic mass is 35.5. The Bertz CT molecular complexity index is 900. The molecule has 0 unspecified atom stereocenters. The Morgan fingerprint density at radius 3 is 2.73 bits per heavy atom. The molecule has 3 heterocycles. The van der Waals surface area contributed by atoms with Crippen molar-refractivity contribution in [1.82, 2.24) is 19.7 Å². The highest BCUT2D eigenvalue weighted by Crippen LogP contribution is 2.34. The summed E-state index contributed by atoms with van der Waals surface area (Å²) >= 11 is 6.14. The fraction of sp³-hybridized carbons (Fsp3) is 0.550. The minimum Gasteiger partial charge on any atom is -0.444 e. The number of pyridine rings is 1. The largest absolute Gasteiger partial charge is 0.444 e. The predicted octanol–water partition coefficient (Wildman–Crippen LogP) is 4.83. The van der Waals surface area contributed by atoms with Crippen LogP contribution in [0.15, 0.2) is 24.7 Å². The molecule has 1 saturated heterocycles. The fourth-order valence-electron chi connectivity index (χ4n) is 3.46. The van der Waals surface area contributed by atoms with Crippen LogP contribution in [0.2, 0.25) is 5.15 Å². The molecule has 1 aliphatic rings. The number of hydrogen-bond acceptors (Lipinski definition) is 5. The molecule has 2 aromatic rings. The average molecular weight is 442 g/mol. The number of ether oxygens (including phenoxy) is 1. The standard InChI is InChI=1S/C20H26ClF2N5O2/c1-20(2,3)30-19(29)26(4)14-6-5-7-27(12-14)16-8-17(21)24-10-15(16)13-9-25-28(11-13)18(22)23/h8-11,14,18H,5-7,12H2,1-4H3/t14-/m1/s1. The Hall–Kier alpha value is -2.42. The van der Waals surface area contributed by atoms with Gasteiger partial charge in [0.15, 0.2) is 0 Å². The minimum absolute atomic E-state index is 0.0582. The van der Waals surface area contributed by atoms with Crippen LogP contribution in [0.4, 0.5) is 19.3 Å². The van der Waals surface area contributed by atoms with E-state index in [-0.39, 0.29) is 12.1 Å². The smallest absolute Gasteiger partial charge is 0.410 e. The van der Waals surface area contributed by atoms with Crippen LogP contribution >= 0.6 is 11.6 Å². The zero-order valence-electron chi connectivity index (χ0n) is 17.5. The van der Waals surface area contributed by atoms with E-state index in [1.807, 2.05) is 20.8 Å². The van der Waals surface area contributed by atoms with E-state index in [1.165, 1.54) is 12.4 Å². The van der Waals surface area contributed by atoms with Gasteiger partial charge in [-0.3, -0.25) is 0 Å². The SMILES string of the molecule is CN(C(=O)OC(C)(C)C)[C@@H]1CCCN(c2cc(Cl)ncc2-c2cnn(C(F)F)c2)C1. The van der Waals surface area contributed by atoms with Crippen molar-refractivity contribution in [3.8, 4) is 11.1 Å². The average Bonchev–Trinajstić information content (AvgIpc) is 3.16. The number of piperidine rings is 1. The number of carbonyl (C=O) groups is 1. The van der Waals surface area contributed by atoms with Crippen LogP contribution in [0.25, 0.3) is 11.1 Å². The third-order valence-corrected chi connectivity index (χ3v) is 5.13. The zero-order chi connectivity index (χ0) is 22.1. The molecule has 1 amide bonds. The van der Waals surface area contributed by atoms with Crippen LogP contribution in [-0.2, 0) is 4.74 Å². The maximum atomic E-state index is 13.0. The number of aromatic nitrogens is 3. The van der Waals surface area contributed by atoms with Crippen molar-refractivity contribution in [1.29, 1.82) is 0 Å². The summed E-state index contributed by atoms with van der Waals surface area (Å²) in [6.45, 7) is 4.08. The number of rotatable bonds is 4. The van der Waals surface area contributed by atoms with Gasteiger partial charge in [-0.05, 0) is 39.7 Å². The number of nitrogens with zero attached hydrogens (tertiary/aromatic N) is 5. The Labute approximate surface area is 179 Å². The molecule has 0 spiro atoms. The van der Waals surface area contributed by atoms with Crippen molar-refractivity contribution < 1.29 is 18.3 Å². The Morgan fingerprint density at radius 2 is 2.10 bits per heavy atom. The summed E-state index contributed by atoms with van der Waals surface area (Å²) < 4.78 is 32.0.